The van der Waals surface area contributed by atoms with E-state index in [1.54, 1.807) is 11.1 Å². The summed E-state index contributed by atoms with van der Waals surface area (Å²) in [4.78, 5) is 36.6. The molecular weight excluding hydrogens is 486 g/mol. The topological polar surface area (TPSA) is 82.8 Å². The number of nitrogens with two attached hydrogens (primary N) is 1. The molecule has 2 aliphatic heterocycles. The zero-order valence-corrected chi connectivity index (χ0v) is 22.7. The number of rotatable bonds is 6. The number of piperidine rings is 2. The molecule has 198 valence electrons. The molecule has 37 heavy (non-hydrogen) atoms. The first-order valence-corrected chi connectivity index (χ1v) is 13.8. The van der Waals surface area contributed by atoms with Crippen LogP contribution < -0.4 is 5.73 Å². The standard InChI is InChI=1S/C29H38ClN5O2/c1-33(2)28(37)25-18-29(25,22-3-5-24(30)6-4-22)23-10-15-35(16-11-23)27(36)21-8-13-34(14-9-21)19-20-7-12-32-26(31)17-20/h3-7,12,17,21,23,25H,8-11,13-16,18-19H2,1-2H3,(H2,31,32)/t25-,29-/m1/s1. The third kappa shape index (κ3) is 5.34. The minimum atomic E-state index is -0.136. The van der Waals surface area contributed by atoms with Crippen LogP contribution in [0.4, 0.5) is 5.82 Å². The zero-order valence-electron chi connectivity index (χ0n) is 21.9. The van der Waals surface area contributed by atoms with E-state index in [-0.39, 0.29) is 23.2 Å². The minimum Gasteiger partial charge on any atom is -0.384 e. The Kier molecular flexibility index (Phi) is 7.46. The van der Waals surface area contributed by atoms with Crippen molar-refractivity contribution in [3.05, 3.63) is 58.7 Å². The molecule has 0 spiro atoms. The fourth-order valence-electron chi connectivity index (χ4n) is 6.73. The first-order chi connectivity index (χ1) is 17.8. The van der Waals surface area contributed by atoms with E-state index in [0.717, 1.165) is 64.8 Å². The molecule has 0 radical (unpaired) electrons. The summed E-state index contributed by atoms with van der Waals surface area (Å²) in [5.41, 5.74) is 8.06. The van der Waals surface area contributed by atoms with Crippen molar-refractivity contribution in [2.24, 2.45) is 17.8 Å². The minimum absolute atomic E-state index is 0.0102. The Labute approximate surface area is 225 Å². The lowest BCUT2D eigenvalue weighted by Crippen LogP contribution is -2.47. The number of nitrogen functional groups attached to an aromatic ring is 1. The molecule has 1 aromatic carbocycles. The lowest BCUT2D eigenvalue weighted by molar-refractivity contribution is -0.139. The quantitative estimate of drug-likeness (QED) is 0.622. The molecule has 1 aliphatic carbocycles. The molecule has 2 aromatic rings. The van der Waals surface area contributed by atoms with Gasteiger partial charge in [-0.1, -0.05) is 23.7 Å². The van der Waals surface area contributed by atoms with Crippen molar-refractivity contribution < 1.29 is 9.59 Å². The SMILES string of the molecule is CN(C)C(=O)[C@H]1C[C@@]1(c1ccc(Cl)cc1)C1CCN(C(=O)C2CCN(Cc3ccnc(N)c3)CC2)CC1. The van der Waals surface area contributed by atoms with Crippen LogP contribution >= 0.6 is 11.6 Å². The maximum absolute atomic E-state index is 13.4. The number of hydrogen-bond donors (Lipinski definition) is 1. The average molecular weight is 524 g/mol. The maximum atomic E-state index is 13.4. The van der Waals surface area contributed by atoms with Crippen LogP contribution in [0.1, 0.15) is 43.2 Å². The lowest BCUT2D eigenvalue weighted by atomic mass is 9.75. The van der Waals surface area contributed by atoms with Crippen LogP contribution in [0.3, 0.4) is 0 Å². The third-order valence-electron chi connectivity index (χ3n) is 8.85. The predicted octanol–water partition coefficient (Wildman–Crippen LogP) is 3.81. The highest BCUT2D eigenvalue weighted by molar-refractivity contribution is 6.30. The lowest BCUT2D eigenvalue weighted by Gasteiger charge is -2.40. The summed E-state index contributed by atoms with van der Waals surface area (Å²) in [6, 6.07) is 12.0. The molecule has 0 unspecified atom stereocenters. The summed E-state index contributed by atoms with van der Waals surface area (Å²) in [5, 5.41) is 0.714. The van der Waals surface area contributed by atoms with Crippen molar-refractivity contribution in [1.82, 2.24) is 19.7 Å². The number of carbonyl (C=O) groups excluding carboxylic acids is 2. The van der Waals surface area contributed by atoms with Crippen molar-refractivity contribution in [3.63, 3.8) is 0 Å². The summed E-state index contributed by atoms with van der Waals surface area (Å²) < 4.78 is 0. The van der Waals surface area contributed by atoms with Gasteiger partial charge >= 0.3 is 0 Å². The fraction of sp³-hybridized carbons (Fsp3) is 0.552. The van der Waals surface area contributed by atoms with Crippen molar-refractivity contribution in [2.45, 2.75) is 44.1 Å². The highest BCUT2D eigenvalue weighted by Crippen LogP contribution is 2.62. The Morgan fingerprint density at radius 2 is 1.73 bits per heavy atom. The molecule has 7 nitrogen and oxygen atoms in total. The number of halogens is 1. The molecule has 0 bridgehead atoms. The number of benzene rings is 1. The summed E-state index contributed by atoms with van der Waals surface area (Å²) in [6.45, 7) is 4.24. The number of anilines is 1. The highest BCUT2D eigenvalue weighted by Gasteiger charge is 2.63. The molecule has 5 rings (SSSR count). The van der Waals surface area contributed by atoms with Gasteiger partial charge in [0.2, 0.25) is 11.8 Å². The van der Waals surface area contributed by atoms with E-state index in [9.17, 15) is 9.59 Å². The van der Waals surface area contributed by atoms with Crippen molar-refractivity contribution >= 4 is 29.2 Å². The van der Waals surface area contributed by atoms with E-state index in [2.05, 4.69) is 26.9 Å². The zero-order chi connectivity index (χ0) is 26.2. The van der Waals surface area contributed by atoms with E-state index in [4.69, 9.17) is 17.3 Å². The molecule has 3 fully saturated rings. The second-order valence-corrected chi connectivity index (χ2v) is 11.7. The van der Waals surface area contributed by atoms with E-state index < -0.39 is 0 Å². The molecule has 2 N–H and O–H groups in total. The van der Waals surface area contributed by atoms with Gasteiger partial charge in [0.15, 0.2) is 0 Å². The summed E-state index contributed by atoms with van der Waals surface area (Å²) in [6.07, 6.45) is 6.30. The first-order valence-electron chi connectivity index (χ1n) is 13.5. The number of amides is 2. The van der Waals surface area contributed by atoms with Gasteiger partial charge in [-0.2, -0.15) is 0 Å². The Balaban J connectivity index is 1.17. The molecule has 8 heteroatoms. The van der Waals surface area contributed by atoms with Crippen LogP contribution in [-0.4, -0.2) is 71.8 Å². The number of carbonyl (C=O) groups is 2. The molecular formula is C29H38ClN5O2. The van der Waals surface area contributed by atoms with Crippen molar-refractivity contribution in [3.8, 4) is 0 Å². The van der Waals surface area contributed by atoms with Gasteiger partial charge in [-0.3, -0.25) is 14.5 Å². The second-order valence-electron chi connectivity index (χ2n) is 11.3. The van der Waals surface area contributed by atoms with E-state index >= 15 is 0 Å². The molecule has 2 atom stereocenters. The fourth-order valence-corrected chi connectivity index (χ4v) is 6.85. The third-order valence-corrected chi connectivity index (χ3v) is 9.10. The Bertz CT molecular complexity index is 1120. The maximum Gasteiger partial charge on any atom is 0.226 e. The van der Waals surface area contributed by atoms with Gasteiger partial charge < -0.3 is 15.5 Å². The van der Waals surface area contributed by atoms with Crippen molar-refractivity contribution in [1.29, 1.82) is 0 Å². The van der Waals surface area contributed by atoms with Crippen molar-refractivity contribution in [2.75, 3.05) is 46.0 Å². The van der Waals surface area contributed by atoms with Crippen LogP contribution in [0.2, 0.25) is 5.02 Å². The van der Waals surface area contributed by atoms with Crippen LogP contribution in [0.25, 0.3) is 0 Å². The average Bonchev–Trinajstić information content (AvgIpc) is 3.65. The number of aromatic nitrogens is 1. The monoisotopic (exact) mass is 523 g/mol. The van der Waals surface area contributed by atoms with Crippen LogP contribution in [0, 0.1) is 17.8 Å². The molecule has 2 saturated heterocycles. The molecule has 3 heterocycles. The molecule has 3 aliphatic rings. The van der Waals surface area contributed by atoms with Gasteiger partial charge in [-0.05, 0) is 86.5 Å². The first kappa shape index (κ1) is 26.0. The van der Waals surface area contributed by atoms with E-state index in [0.29, 0.717) is 22.7 Å². The normalized spacial score (nSPS) is 25.2. The number of nitrogens with zero attached hydrogens (tertiary/aromatic N) is 4. The second kappa shape index (κ2) is 10.6. The molecule has 1 aromatic heterocycles. The van der Waals surface area contributed by atoms with Gasteiger partial charge in [0, 0.05) is 62.2 Å². The predicted molar refractivity (Wildman–Crippen MR) is 146 cm³/mol. The largest absolute Gasteiger partial charge is 0.384 e. The van der Waals surface area contributed by atoms with E-state index in [1.165, 1.54) is 11.1 Å². The summed E-state index contributed by atoms with van der Waals surface area (Å²) in [5.74, 6) is 1.56. The van der Waals surface area contributed by atoms with Gasteiger partial charge in [-0.15, -0.1) is 0 Å². The van der Waals surface area contributed by atoms with E-state index in [1.807, 2.05) is 38.4 Å². The molecule has 1 saturated carbocycles. The Hall–Kier alpha value is -2.64. The summed E-state index contributed by atoms with van der Waals surface area (Å²) >= 11 is 6.17. The summed E-state index contributed by atoms with van der Waals surface area (Å²) in [7, 11) is 3.68. The Morgan fingerprint density at radius 1 is 1.05 bits per heavy atom. The van der Waals surface area contributed by atoms with Gasteiger partial charge in [0.1, 0.15) is 5.82 Å². The van der Waals surface area contributed by atoms with Crippen LogP contribution in [0.5, 0.6) is 0 Å². The number of pyridine rings is 1. The van der Waals surface area contributed by atoms with Crippen LogP contribution in [-0.2, 0) is 21.5 Å². The highest BCUT2D eigenvalue weighted by atomic mass is 35.5. The van der Waals surface area contributed by atoms with Gasteiger partial charge in [-0.25, -0.2) is 4.98 Å². The molecule has 2 amide bonds. The number of likely N-dealkylation sites (tertiary alicyclic amines) is 2. The van der Waals surface area contributed by atoms with Crippen LogP contribution in [0.15, 0.2) is 42.6 Å². The Morgan fingerprint density at radius 3 is 2.35 bits per heavy atom. The van der Waals surface area contributed by atoms with Gasteiger partial charge in [0.25, 0.3) is 0 Å². The van der Waals surface area contributed by atoms with Gasteiger partial charge in [0.05, 0.1) is 0 Å². The number of hydrogen-bond acceptors (Lipinski definition) is 5. The smallest absolute Gasteiger partial charge is 0.226 e.